The van der Waals surface area contributed by atoms with Crippen LogP contribution in [0.3, 0.4) is 0 Å². The summed E-state index contributed by atoms with van der Waals surface area (Å²) in [6.07, 6.45) is 0. The van der Waals surface area contributed by atoms with Gasteiger partial charge in [-0.2, -0.15) is 0 Å². The number of nitrogens with zero attached hydrogens (tertiary/aromatic N) is 1. The number of carbonyl (C=O) groups is 2. The van der Waals surface area contributed by atoms with Crippen molar-refractivity contribution in [1.82, 2.24) is 4.90 Å². The number of aliphatic carboxylic acids is 1. The molecule has 33 heavy (non-hydrogen) atoms. The molecule has 0 fully saturated rings. The molecule has 0 radical (unpaired) electrons. The molecule has 0 saturated carbocycles. The van der Waals surface area contributed by atoms with E-state index in [1.54, 1.807) is 25.1 Å². The molecule has 0 spiro atoms. The largest absolute Gasteiger partial charge is 0.480 e. The molecular formula is C24H24Cl2N2O4S. The van der Waals surface area contributed by atoms with Gasteiger partial charge < -0.3 is 14.8 Å². The van der Waals surface area contributed by atoms with Crippen molar-refractivity contribution in [2.45, 2.75) is 37.1 Å². The second-order valence-electron chi connectivity index (χ2n) is 7.57. The lowest BCUT2D eigenvalue weighted by molar-refractivity contribution is -0.136. The third kappa shape index (κ3) is 7.82. The van der Waals surface area contributed by atoms with E-state index in [9.17, 15) is 9.59 Å². The number of aryl methyl sites for hydroxylation is 1. The third-order valence-electron chi connectivity index (χ3n) is 4.74. The highest BCUT2D eigenvalue weighted by Crippen LogP contribution is 2.26. The first kappa shape index (κ1) is 25.2. The Labute approximate surface area is 206 Å². The molecule has 0 saturated heterocycles. The van der Waals surface area contributed by atoms with E-state index in [2.05, 4.69) is 5.32 Å². The average Bonchev–Trinajstić information content (AvgIpc) is 3.16. The second kappa shape index (κ2) is 11.6. The molecule has 0 bridgehead atoms. The third-order valence-corrected chi connectivity index (χ3v) is 6.39. The van der Waals surface area contributed by atoms with Crippen molar-refractivity contribution in [3.63, 3.8) is 0 Å². The molecule has 1 aromatic heterocycles. The number of carbonyl (C=O) groups excluding carboxylic acids is 1. The highest BCUT2D eigenvalue weighted by molar-refractivity contribution is 8.00. The number of thioether (sulfide) groups is 1. The first-order valence-electron chi connectivity index (χ1n) is 10.2. The maximum atomic E-state index is 12.8. The first-order chi connectivity index (χ1) is 15.7. The van der Waals surface area contributed by atoms with Crippen LogP contribution < -0.4 is 5.32 Å². The van der Waals surface area contributed by atoms with Gasteiger partial charge in [0.2, 0.25) is 5.91 Å². The van der Waals surface area contributed by atoms with Gasteiger partial charge in [0.15, 0.2) is 0 Å². The molecule has 9 heteroatoms. The standard InChI is InChI=1S/C24H24Cl2N2O4S/c1-15-3-7-19(32-15)13-28(14-23(29)27-22-10-6-18(25)11-21(22)26)12-17-4-8-20(9-5-17)33-16(2)24(30)31/h3-11,16H,12-14H2,1-2H3,(H,27,29)(H,30,31). The fourth-order valence-corrected chi connectivity index (χ4v) is 4.39. The lowest BCUT2D eigenvalue weighted by Gasteiger charge is -2.21. The number of hydrogen-bond donors (Lipinski definition) is 2. The van der Waals surface area contributed by atoms with Gasteiger partial charge in [-0.15, -0.1) is 11.8 Å². The van der Waals surface area contributed by atoms with E-state index in [0.29, 0.717) is 28.8 Å². The minimum absolute atomic E-state index is 0.116. The zero-order chi connectivity index (χ0) is 24.0. The van der Waals surface area contributed by atoms with Gasteiger partial charge in [-0.05, 0) is 61.9 Å². The van der Waals surface area contributed by atoms with Crippen molar-refractivity contribution in [1.29, 1.82) is 0 Å². The SMILES string of the molecule is Cc1ccc(CN(CC(=O)Nc2ccc(Cl)cc2Cl)Cc2ccc(SC(C)C(=O)O)cc2)o1. The number of carboxylic acid groups (broad SMARTS) is 1. The van der Waals surface area contributed by atoms with Gasteiger partial charge in [0.25, 0.3) is 0 Å². The quantitative estimate of drug-likeness (QED) is 0.323. The lowest BCUT2D eigenvalue weighted by atomic mass is 10.2. The molecule has 1 unspecified atom stereocenters. The molecule has 2 aromatic carbocycles. The molecule has 1 atom stereocenters. The maximum Gasteiger partial charge on any atom is 0.316 e. The molecule has 0 aliphatic heterocycles. The summed E-state index contributed by atoms with van der Waals surface area (Å²) >= 11 is 13.4. The number of rotatable bonds is 10. The fraction of sp³-hybridized carbons (Fsp3) is 0.250. The number of anilines is 1. The van der Waals surface area contributed by atoms with E-state index in [1.807, 2.05) is 48.2 Å². The zero-order valence-electron chi connectivity index (χ0n) is 18.2. The summed E-state index contributed by atoms with van der Waals surface area (Å²) in [6, 6.07) is 16.3. The summed E-state index contributed by atoms with van der Waals surface area (Å²) in [6.45, 7) is 4.59. The first-order valence-corrected chi connectivity index (χ1v) is 11.8. The molecule has 1 amide bonds. The molecular weight excluding hydrogens is 483 g/mol. The number of hydrogen-bond acceptors (Lipinski definition) is 5. The van der Waals surface area contributed by atoms with Gasteiger partial charge in [0.05, 0.1) is 23.8 Å². The van der Waals surface area contributed by atoms with Gasteiger partial charge >= 0.3 is 5.97 Å². The number of nitrogens with one attached hydrogen (secondary N) is 1. The summed E-state index contributed by atoms with van der Waals surface area (Å²) < 4.78 is 5.70. The smallest absolute Gasteiger partial charge is 0.316 e. The second-order valence-corrected chi connectivity index (χ2v) is 9.83. The van der Waals surface area contributed by atoms with Crippen LogP contribution in [0.25, 0.3) is 0 Å². The Morgan fingerprint density at radius 3 is 2.42 bits per heavy atom. The predicted octanol–water partition coefficient (Wildman–Crippen LogP) is 6.10. The predicted molar refractivity (Wildman–Crippen MR) is 132 cm³/mol. The van der Waals surface area contributed by atoms with Gasteiger partial charge in [0, 0.05) is 16.5 Å². The number of benzene rings is 2. The summed E-state index contributed by atoms with van der Waals surface area (Å²) in [5.41, 5.74) is 1.48. The average molecular weight is 507 g/mol. The van der Waals surface area contributed by atoms with Crippen molar-refractivity contribution in [3.8, 4) is 0 Å². The molecule has 3 aromatic rings. The molecule has 2 N–H and O–H groups in total. The Kier molecular flexibility index (Phi) is 8.86. The van der Waals surface area contributed by atoms with Crippen LogP contribution in [-0.4, -0.2) is 33.7 Å². The number of carboxylic acids is 1. The normalized spacial score (nSPS) is 12.0. The summed E-state index contributed by atoms with van der Waals surface area (Å²) in [4.78, 5) is 26.7. The lowest BCUT2D eigenvalue weighted by Crippen LogP contribution is -2.32. The highest BCUT2D eigenvalue weighted by atomic mass is 35.5. The van der Waals surface area contributed by atoms with Crippen LogP contribution in [0.1, 0.15) is 24.0 Å². The fourth-order valence-electron chi connectivity index (χ4n) is 3.13. The Morgan fingerprint density at radius 1 is 1.09 bits per heavy atom. The molecule has 1 heterocycles. The maximum absolute atomic E-state index is 12.8. The van der Waals surface area contributed by atoms with Crippen molar-refractivity contribution < 1.29 is 19.1 Å². The van der Waals surface area contributed by atoms with E-state index in [0.717, 1.165) is 22.0 Å². The minimum atomic E-state index is -0.851. The molecule has 0 aliphatic rings. The summed E-state index contributed by atoms with van der Waals surface area (Å²) in [7, 11) is 0. The van der Waals surface area contributed by atoms with Crippen LogP contribution in [0.15, 0.2) is 63.9 Å². The molecule has 0 aliphatic carbocycles. The van der Waals surface area contributed by atoms with E-state index < -0.39 is 11.2 Å². The summed E-state index contributed by atoms with van der Waals surface area (Å²) in [5, 5.41) is 12.2. The number of halogens is 2. The van der Waals surface area contributed by atoms with E-state index in [4.69, 9.17) is 32.7 Å². The van der Waals surface area contributed by atoms with Crippen molar-refractivity contribution in [3.05, 3.63) is 81.7 Å². The van der Waals surface area contributed by atoms with Crippen LogP contribution >= 0.6 is 35.0 Å². The van der Waals surface area contributed by atoms with Gasteiger partial charge in [-0.25, -0.2) is 0 Å². The number of furan rings is 1. The van der Waals surface area contributed by atoms with E-state index in [-0.39, 0.29) is 12.5 Å². The van der Waals surface area contributed by atoms with Gasteiger partial charge in [-0.1, -0.05) is 35.3 Å². The minimum Gasteiger partial charge on any atom is -0.480 e. The van der Waals surface area contributed by atoms with Crippen LogP contribution in [0.2, 0.25) is 10.0 Å². The van der Waals surface area contributed by atoms with Crippen LogP contribution in [0.5, 0.6) is 0 Å². The van der Waals surface area contributed by atoms with Crippen LogP contribution in [-0.2, 0) is 22.7 Å². The molecule has 6 nitrogen and oxygen atoms in total. The number of amides is 1. The zero-order valence-corrected chi connectivity index (χ0v) is 20.5. The monoisotopic (exact) mass is 506 g/mol. The van der Waals surface area contributed by atoms with E-state index in [1.165, 1.54) is 11.8 Å². The Bertz CT molecular complexity index is 1120. The highest BCUT2D eigenvalue weighted by Gasteiger charge is 2.16. The molecule has 3 rings (SSSR count). The molecule has 174 valence electrons. The van der Waals surface area contributed by atoms with Gasteiger partial charge in [0.1, 0.15) is 16.8 Å². The Hall–Kier alpha value is -2.45. The van der Waals surface area contributed by atoms with Crippen LogP contribution in [0, 0.1) is 6.92 Å². The van der Waals surface area contributed by atoms with Crippen molar-refractivity contribution in [2.24, 2.45) is 0 Å². The van der Waals surface area contributed by atoms with Crippen molar-refractivity contribution in [2.75, 3.05) is 11.9 Å². The topological polar surface area (TPSA) is 82.8 Å². The van der Waals surface area contributed by atoms with E-state index >= 15 is 0 Å². The summed E-state index contributed by atoms with van der Waals surface area (Å²) in [5.74, 6) is 0.490. The Balaban J connectivity index is 1.69. The van der Waals surface area contributed by atoms with Crippen molar-refractivity contribution >= 4 is 52.5 Å². The Morgan fingerprint density at radius 2 is 1.82 bits per heavy atom. The van der Waals surface area contributed by atoms with Gasteiger partial charge in [-0.3, -0.25) is 14.5 Å². The van der Waals surface area contributed by atoms with Crippen LogP contribution in [0.4, 0.5) is 5.69 Å².